The minimum atomic E-state index is -1.59. The summed E-state index contributed by atoms with van der Waals surface area (Å²) < 4.78 is 11.3. The third-order valence-corrected chi connectivity index (χ3v) is 13.9. The average Bonchev–Trinajstić information content (AvgIpc) is 3.47. The molecule has 0 spiro atoms. The minimum Gasteiger partial charge on any atom is -0.394 e. The van der Waals surface area contributed by atoms with Crippen molar-refractivity contribution >= 4 is 5.91 Å². The predicted octanol–water partition coefficient (Wildman–Crippen LogP) is 16.6. The van der Waals surface area contributed by atoms with Crippen LogP contribution in [-0.2, 0) is 14.3 Å². The van der Waals surface area contributed by atoms with Gasteiger partial charge in [0.05, 0.1) is 25.4 Å². The van der Waals surface area contributed by atoms with Crippen molar-refractivity contribution in [3.05, 3.63) is 146 Å². The number of carbonyl (C=O) groups is 1. The zero-order chi connectivity index (χ0) is 57.2. The van der Waals surface area contributed by atoms with Gasteiger partial charge < -0.3 is 40.3 Å². The summed E-state index contributed by atoms with van der Waals surface area (Å²) >= 11 is 0. The quantitative estimate of drug-likeness (QED) is 0.0261. The summed E-state index contributed by atoms with van der Waals surface area (Å²) in [6.45, 7) is 3.63. The van der Waals surface area contributed by atoms with Crippen LogP contribution in [0.25, 0.3) is 0 Å². The zero-order valence-corrected chi connectivity index (χ0v) is 49.8. The maximum Gasteiger partial charge on any atom is 0.220 e. The Balaban J connectivity index is 2.28. The van der Waals surface area contributed by atoms with E-state index in [9.17, 15) is 30.3 Å². The lowest BCUT2D eigenvalue weighted by Gasteiger charge is -2.40. The van der Waals surface area contributed by atoms with Crippen LogP contribution in [0.3, 0.4) is 0 Å². The Hall–Kier alpha value is -3.93. The van der Waals surface area contributed by atoms with Gasteiger partial charge in [0.2, 0.25) is 5.91 Å². The molecule has 9 nitrogen and oxygen atoms in total. The molecule has 1 heterocycles. The van der Waals surface area contributed by atoms with Crippen molar-refractivity contribution < 1.29 is 39.8 Å². The van der Waals surface area contributed by atoms with E-state index < -0.39 is 49.5 Å². The molecule has 0 saturated carbocycles. The van der Waals surface area contributed by atoms with E-state index in [0.717, 1.165) is 96.3 Å². The maximum absolute atomic E-state index is 13.1. The van der Waals surface area contributed by atoms with E-state index in [1.165, 1.54) is 109 Å². The second kappa shape index (κ2) is 57.3. The highest BCUT2D eigenvalue weighted by molar-refractivity contribution is 5.76. The van der Waals surface area contributed by atoms with Crippen LogP contribution in [0.1, 0.15) is 232 Å². The number of unbranched alkanes of at least 4 members (excludes halogenated alkanes) is 20. The van der Waals surface area contributed by atoms with Gasteiger partial charge in [0.25, 0.3) is 0 Å². The number of hydrogen-bond acceptors (Lipinski definition) is 8. The Morgan fingerprint density at radius 1 is 0.443 bits per heavy atom. The van der Waals surface area contributed by atoms with Gasteiger partial charge >= 0.3 is 0 Å². The number of aliphatic hydroxyl groups is 5. The highest BCUT2D eigenvalue weighted by Gasteiger charge is 2.44. The van der Waals surface area contributed by atoms with E-state index in [0.29, 0.717) is 6.42 Å². The molecule has 1 saturated heterocycles. The molecule has 1 rings (SSSR count). The fraction of sp³-hybridized carbons (Fsp3) is 0.643. The molecule has 0 aromatic heterocycles. The number of ether oxygens (including phenoxy) is 2. The normalized spacial score (nSPS) is 19.6. The van der Waals surface area contributed by atoms with Gasteiger partial charge in [-0.25, -0.2) is 0 Å². The van der Waals surface area contributed by atoms with Crippen LogP contribution in [0.2, 0.25) is 0 Å². The standard InChI is InChI=1S/C70H115NO8/c1-3-5-7-9-11-13-15-17-19-21-23-25-27-28-29-30-31-32-33-34-35-36-38-40-42-44-46-48-50-52-54-56-58-60-66(74)71-63(62-78-70-69(77)68(76)67(75)65(61-72)79-70)64(73)59-57-55-53-51-49-47-45-43-41-39-37-26-24-22-20-18-16-14-12-10-8-6-4-2/h5,7,11,13,17,19,23,25,28-29,31-32,34-35,38,40,44,46,49-52,57,59,63-65,67-70,72-73,75-77H,3-4,6,8-10,12,14-16,18,20-22,24,26-27,30,33,36-37,39,41-43,45,47-48,53-56,58,60-62H2,1-2H3,(H,71,74)/b7-5-,13-11-,19-17-,25-23-,29-28-,32-31-,35-34-,40-38-,46-44-,51-49+,52-50-,59-57+. The summed E-state index contributed by atoms with van der Waals surface area (Å²) in [5.74, 6) is -0.234. The molecule has 6 N–H and O–H groups in total. The lowest BCUT2D eigenvalue weighted by Crippen LogP contribution is -2.60. The second-order valence-electron chi connectivity index (χ2n) is 21.1. The Kier molecular flexibility index (Phi) is 53.0. The maximum atomic E-state index is 13.1. The topological polar surface area (TPSA) is 149 Å². The molecule has 1 aliphatic heterocycles. The van der Waals surface area contributed by atoms with Gasteiger partial charge in [-0.15, -0.1) is 0 Å². The molecule has 1 amide bonds. The first kappa shape index (κ1) is 73.1. The van der Waals surface area contributed by atoms with E-state index in [1.54, 1.807) is 6.08 Å². The molecule has 0 aromatic rings. The van der Waals surface area contributed by atoms with Crippen LogP contribution in [0, 0.1) is 0 Å². The molecule has 9 heteroatoms. The van der Waals surface area contributed by atoms with Gasteiger partial charge in [0.1, 0.15) is 24.4 Å². The van der Waals surface area contributed by atoms with Crippen LogP contribution in [0.15, 0.2) is 146 Å². The van der Waals surface area contributed by atoms with Crippen molar-refractivity contribution in [2.45, 2.75) is 275 Å². The molecule has 448 valence electrons. The summed E-state index contributed by atoms with van der Waals surface area (Å²) in [6.07, 6.45) is 82.1. The van der Waals surface area contributed by atoms with Crippen molar-refractivity contribution in [1.29, 1.82) is 0 Å². The third-order valence-electron chi connectivity index (χ3n) is 13.9. The Labute approximate surface area is 483 Å². The van der Waals surface area contributed by atoms with Crippen LogP contribution in [-0.4, -0.2) is 87.5 Å². The second-order valence-corrected chi connectivity index (χ2v) is 21.1. The molecular weight excluding hydrogens is 983 g/mol. The first-order chi connectivity index (χ1) is 38.8. The number of allylic oxidation sites excluding steroid dienone is 23. The van der Waals surface area contributed by atoms with Crippen LogP contribution < -0.4 is 5.32 Å². The van der Waals surface area contributed by atoms with Crippen LogP contribution in [0.4, 0.5) is 0 Å². The van der Waals surface area contributed by atoms with Crippen LogP contribution in [0.5, 0.6) is 0 Å². The highest BCUT2D eigenvalue weighted by atomic mass is 16.7. The van der Waals surface area contributed by atoms with Gasteiger partial charge in [-0.2, -0.15) is 0 Å². The lowest BCUT2D eigenvalue weighted by atomic mass is 9.99. The summed E-state index contributed by atoms with van der Waals surface area (Å²) in [5, 5.41) is 54.6. The van der Waals surface area contributed by atoms with E-state index in [1.807, 2.05) is 6.08 Å². The summed E-state index contributed by atoms with van der Waals surface area (Å²) in [4.78, 5) is 13.1. The number of rotatable bonds is 52. The number of carbonyl (C=O) groups excluding carboxylic acids is 1. The fourth-order valence-corrected chi connectivity index (χ4v) is 8.96. The SMILES string of the molecule is CC/C=C\C/C=C\C/C=C\C/C=C\C/C=C\C/C=C\C/C=C\C/C=C\C/C=C\C/C=C\CCCCC(=O)NC(COC1OC(CO)C(O)C(O)C1O)C(O)/C=C/CC/C=C/CCCCCCCCCCCCCCCCCCC. The number of hydrogen-bond donors (Lipinski definition) is 6. The number of amides is 1. The van der Waals surface area contributed by atoms with Gasteiger partial charge in [-0.05, 0) is 109 Å². The Bertz CT molecular complexity index is 1750. The first-order valence-electron chi connectivity index (χ1n) is 31.6. The van der Waals surface area contributed by atoms with Crippen LogP contribution >= 0.6 is 0 Å². The van der Waals surface area contributed by atoms with Gasteiger partial charge in [-0.1, -0.05) is 262 Å². The minimum absolute atomic E-state index is 0.228. The molecule has 79 heavy (non-hydrogen) atoms. The average molecular weight is 1100 g/mol. The number of nitrogens with one attached hydrogen (secondary N) is 1. The molecule has 0 aliphatic carbocycles. The largest absolute Gasteiger partial charge is 0.394 e. The third kappa shape index (κ3) is 46.4. The molecule has 0 radical (unpaired) electrons. The van der Waals surface area contributed by atoms with Crippen molar-refractivity contribution in [3.63, 3.8) is 0 Å². The predicted molar refractivity (Wildman–Crippen MR) is 336 cm³/mol. The summed E-state index contributed by atoms with van der Waals surface area (Å²) in [7, 11) is 0. The molecular formula is C70H115NO8. The molecule has 7 atom stereocenters. The van der Waals surface area contributed by atoms with E-state index in [2.05, 4.69) is 153 Å². The molecule has 0 aromatic carbocycles. The smallest absolute Gasteiger partial charge is 0.220 e. The fourth-order valence-electron chi connectivity index (χ4n) is 8.96. The van der Waals surface area contributed by atoms with Gasteiger partial charge in [-0.3, -0.25) is 4.79 Å². The molecule has 1 aliphatic rings. The first-order valence-corrected chi connectivity index (χ1v) is 31.6. The van der Waals surface area contributed by atoms with Crippen molar-refractivity contribution in [2.24, 2.45) is 0 Å². The van der Waals surface area contributed by atoms with Gasteiger partial charge in [0.15, 0.2) is 6.29 Å². The van der Waals surface area contributed by atoms with E-state index in [-0.39, 0.29) is 18.9 Å². The van der Waals surface area contributed by atoms with Crippen molar-refractivity contribution in [2.75, 3.05) is 13.2 Å². The van der Waals surface area contributed by atoms with E-state index in [4.69, 9.17) is 9.47 Å². The van der Waals surface area contributed by atoms with Crippen molar-refractivity contribution in [1.82, 2.24) is 5.32 Å². The van der Waals surface area contributed by atoms with E-state index >= 15 is 0 Å². The van der Waals surface area contributed by atoms with Gasteiger partial charge in [0, 0.05) is 6.42 Å². The highest BCUT2D eigenvalue weighted by Crippen LogP contribution is 2.23. The molecule has 0 bridgehead atoms. The molecule has 7 unspecified atom stereocenters. The summed E-state index contributed by atoms with van der Waals surface area (Å²) in [5.41, 5.74) is 0. The molecule has 1 fully saturated rings. The summed E-state index contributed by atoms with van der Waals surface area (Å²) in [6, 6.07) is -0.858. The monoisotopic (exact) mass is 1100 g/mol. The Morgan fingerprint density at radius 2 is 0.797 bits per heavy atom. The number of aliphatic hydroxyl groups excluding tert-OH is 5. The zero-order valence-electron chi connectivity index (χ0n) is 49.8. The lowest BCUT2D eigenvalue weighted by molar-refractivity contribution is -0.302. The Morgan fingerprint density at radius 3 is 1.22 bits per heavy atom. The van der Waals surface area contributed by atoms with Crippen molar-refractivity contribution in [3.8, 4) is 0 Å².